The molecular weight excluding hydrogens is 280 g/mol. The molecule has 1 saturated heterocycles. The first-order valence-electron chi connectivity index (χ1n) is 9.13. The Morgan fingerprint density at radius 2 is 1.82 bits per heavy atom. The predicted octanol–water partition coefficient (Wildman–Crippen LogP) is 4.76. The van der Waals surface area contributed by atoms with Gasteiger partial charge in [-0.05, 0) is 31.6 Å². The third-order valence-corrected chi connectivity index (χ3v) is 4.31. The van der Waals surface area contributed by atoms with E-state index in [2.05, 4.69) is 0 Å². The van der Waals surface area contributed by atoms with Gasteiger partial charge in [0.25, 0.3) is 0 Å². The van der Waals surface area contributed by atoms with Crippen molar-refractivity contribution in [3.63, 3.8) is 0 Å². The Labute approximate surface area is 135 Å². The molecule has 1 heterocycles. The van der Waals surface area contributed by atoms with E-state index in [-0.39, 0.29) is 6.29 Å². The van der Waals surface area contributed by atoms with Crippen molar-refractivity contribution in [2.45, 2.75) is 90.3 Å². The van der Waals surface area contributed by atoms with Crippen molar-refractivity contribution in [2.75, 3.05) is 13.2 Å². The van der Waals surface area contributed by atoms with E-state index in [1.807, 2.05) is 6.92 Å². The quantitative estimate of drug-likeness (QED) is 0.498. The number of carbonyl (C=O) groups is 1. The Kier molecular flexibility index (Phi) is 11.4. The maximum absolute atomic E-state index is 10.6. The first kappa shape index (κ1) is 19.4. The number of unbranched alkanes of at least 4 members (excludes halogenated alkanes) is 6. The summed E-state index contributed by atoms with van der Waals surface area (Å²) < 4.78 is 11.3. The molecule has 0 saturated carbocycles. The lowest BCUT2D eigenvalue weighted by Gasteiger charge is -2.22. The molecule has 22 heavy (non-hydrogen) atoms. The standard InChI is InChI=1S/C18H34O4/c1-16(15-17(19)20)11-7-5-3-2-4-6-9-13-21-18-12-8-10-14-22-18/h16,18H,2-15H2,1H3,(H,19,20)/t16-,18?/m0/s1. The number of hydrogen-bond acceptors (Lipinski definition) is 3. The lowest BCUT2D eigenvalue weighted by Crippen LogP contribution is -2.22. The van der Waals surface area contributed by atoms with Gasteiger partial charge < -0.3 is 14.6 Å². The molecule has 1 rings (SSSR count). The van der Waals surface area contributed by atoms with E-state index in [4.69, 9.17) is 14.6 Å². The zero-order valence-corrected chi connectivity index (χ0v) is 14.2. The monoisotopic (exact) mass is 314 g/mol. The number of hydrogen-bond donors (Lipinski definition) is 1. The highest BCUT2D eigenvalue weighted by molar-refractivity contribution is 5.66. The van der Waals surface area contributed by atoms with Gasteiger partial charge in [0.15, 0.2) is 6.29 Å². The van der Waals surface area contributed by atoms with E-state index in [1.54, 1.807) is 0 Å². The molecule has 0 amide bonds. The number of aliphatic carboxylic acids is 1. The zero-order chi connectivity index (χ0) is 16.0. The van der Waals surface area contributed by atoms with Crippen molar-refractivity contribution in [3.8, 4) is 0 Å². The molecule has 4 heteroatoms. The molecule has 2 atom stereocenters. The fraction of sp³-hybridized carbons (Fsp3) is 0.944. The summed E-state index contributed by atoms with van der Waals surface area (Å²) in [5.74, 6) is -0.356. The van der Waals surface area contributed by atoms with Crippen molar-refractivity contribution >= 4 is 5.97 Å². The van der Waals surface area contributed by atoms with Crippen LogP contribution in [0, 0.1) is 5.92 Å². The lowest BCUT2D eigenvalue weighted by atomic mass is 9.99. The maximum Gasteiger partial charge on any atom is 0.303 e. The van der Waals surface area contributed by atoms with Gasteiger partial charge in [-0.2, -0.15) is 0 Å². The Balaban J connectivity index is 1.77. The van der Waals surface area contributed by atoms with Crippen molar-refractivity contribution in [1.29, 1.82) is 0 Å². The normalized spacial score (nSPS) is 20.0. The summed E-state index contributed by atoms with van der Waals surface area (Å²) in [5.41, 5.74) is 0. The second kappa shape index (κ2) is 12.9. The summed E-state index contributed by atoms with van der Waals surface area (Å²) in [7, 11) is 0. The van der Waals surface area contributed by atoms with Crippen LogP contribution in [0.15, 0.2) is 0 Å². The van der Waals surface area contributed by atoms with E-state index in [0.717, 1.165) is 38.9 Å². The molecule has 0 radical (unpaired) electrons. The van der Waals surface area contributed by atoms with Crippen LogP contribution in [0.1, 0.15) is 84.0 Å². The molecule has 1 fully saturated rings. The van der Waals surface area contributed by atoms with Gasteiger partial charge in [0.05, 0.1) is 0 Å². The molecule has 0 spiro atoms. The highest BCUT2D eigenvalue weighted by Crippen LogP contribution is 2.16. The SMILES string of the molecule is C[C@@H](CCCCCCCCCOC1CCCCO1)CC(=O)O. The summed E-state index contributed by atoms with van der Waals surface area (Å²) in [6, 6.07) is 0. The van der Waals surface area contributed by atoms with Crippen LogP contribution in [0.4, 0.5) is 0 Å². The average molecular weight is 314 g/mol. The first-order valence-corrected chi connectivity index (χ1v) is 9.13. The van der Waals surface area contributed by atoms with Crippen molar-refractivity contribution < 1.29 is 19.4 Å². The molecule has 0 aromatic rings. The first-order chi connectivity index (χ1) is 10.7. The van der Waals surface area contributed by atoms with Gasteiger partial charge in [0, 0.05) is 19.6 Å². The van der Waals surface area contributed by atoms with Crippen molar-refractivity contribution in [3.05, 3.63) is 0 Å². The highest BCUT2D eigenvalue weighted by Gasteiger charge is 2.13. The largest absolute Gasteiger partial charge is 0.481 e. The minimum absolute atomic E-state index is 0.0570. The molecule has 0 bridgehead atoms. The topological polar surface area (TPSA) is 55.8 Å². The maximum atomic E-state index is 10.6. The third-order valence-electron chi connectivity index (χ3n) is 4.31. The van der Waals surface area contributed by atoms with E-state index in [1.165, 1.54) is 44.9 Å². The van der Waals surface area contributed by atoms with Crippen LogP contribution in [-0.2, 0) is 14.3 Å². The van der Waals surface area contributed by atoms with Crippen molar-refractivity contribution in [1.82, 2.24) is 0 Å². The third kappa shape index (κ3) is 11.0. The molecule has 1 N–H and O–H groups in total. The number of ether oxygens (including phenoxy) is 2. The van der Waals surface area contributed by atoms with Crippen LogP contribution in [0.2, 0.25) is 0 Å². The summed E-state index contributed by atoms with van der Waals surface area (Å²) in [6.45, 7) is 3.72. The fourth-order valence-corrected chi connectivity index (χ4v) is 2.94. The number of carboxylic acids is 1. The second-order valence-electron chi connectivity index (χ2n) is 6.63. The van der Waals surface area contributed by atoms with E-state index in [0.29, 0.717) is 12.3 Å². The molecule has 1 aliphatic heterocycles. The summed E-state index contributed by atoms with van der Waals surface area (Å²) in [6.07, 6.45) is 13.5. The summed E-state index contributed by atoms with van der Waals surface area (Å²) in [4.78, 5) is 10.6. The molecule has 1 aliphatic rings. The minimum Gasteiger partial charge on any atom is -0.481 e. The lowest BCUT2D eigenvalue weighted by molar-refractivity contribution is -0.162. The molecule has 1 unspecified atom stereocenters. The Morgan fingerprint density at radius 1 is 1.14 bits per heavy atom. The van der Waals surface area contributed by atoms with Gasteiger partial charge >= 0.3 is 5.97 Å². The molecule has 4 nitrogen and oxygen atoms in total. The van der Waals surface area contributed by atoms with E-state index >= 15 is 0 Å². The van der Waals surface area contributed by atoms with Gasteiger partial charge in [-0.25, -0.2) is 0 Å². The molecule has 0 aromatic carbocycles. The van der Waals surface area contributed by atoms with Gasteiger partial charge in [-0.1, -0.05) is 51.9 Å². The van der Waals surface area contributed by atoms with E-state index in [9.17, 15) is 4.79 Å². The van der Waals surface area contributed by atoms with Crippen LogP contribution < -0.4 is 0 Å². The highest BCUT2D eigenvalue weighted by atomic mass is 16.7. The minimum atomic E-state index is -0.673. The molecule has 130 valence electrons. The van der Waals surface area contributed by atoms with Gasteiger partial charge in [0.2, 0.25) is 0 Å². The van der Waals surface area contributed by atoms with Gasteiger partial charge in [-0.15, -0.1) is 0 Å². The Bertz CT molecular complexity index is 274. The molecule has 0 aliphatic carbocycles. The van der Waals surface area contributed by atoms with E-state index < -0.39 is 5.97 Å². The van der Waals surface area contributed by atoms with Crippen LogP contribution in [0.5, 0.6) is 0 Å². The second-order valence-corrected chi connectivity index (χ2v) is 6.63. The van der Waals surface area contributed by atoms with Crippen LogP contribution in [0.25, 0.3) is 0 Å². The average Bonchev–Trinajstić information content (AvgIpc) is 2.49. The van der Waals surface area contributed by atoms with Crippen LogP contribution in [-0.4, -0.2) is 30.6 Å². The van der Waals surface area contributed by atoms with Gasteiger partial charge in [0.1, 0.15) is 0 Å². The van der Waals surface area contributed by atoms with Crippen LogP contribution >= 0.6 is 0 Å². The predicted molar refractivity (Wildman–Crippen MR) is 87.9 cm³/mol. The number of rotatable bonds is 13. The van der Waals surface area contributed by atoms with Crippen LogP contribution in [0.3, 0.4) is 0 Å². The fourth-order valence-electron chi connectivity index (χ4n) is 2.94. The number of carboxylic acid groups (broad SMARTS) is 1. The molecular formula is C18H34O4. The zero-order valence-electron chi connectivity index (χ0n) is 14.2. The molecule has 0 aromatic heterocycles. The summed E-state index contributed by atoms with van der Waals surface area (Å²) in [5, 5.41) is 8.69. The smallest absolute Gasteiger partial charge is 0.303 e. The van der Waals surface area contributed by atoms with Gasteiger partial charge in [-0.3, -0.25) is 4.79 Å². The van der Waals surface area contributed by atoms with Crippen molar-refractivity contribution in [2.24, 2.45) is 5.92 Å². The summed E-state index contributed by atoms with van der Waals surface area (Å²) >= 11 is 0. The Hall–Kier alpha value is -0.610. The Morgan fingerprint density at radius 3 is 2.45 bits per heavy atom.